The van der Waals surface area contributed by atoms with E-state index in [9.17, 15) is 13.2 Å². The molecular weight excluding hydrogens is 314 g/mol. The number of primary sulfonamides is 1. The van der Waals surface area contributed by atoms with Crippen molar-refractivity contribution in [1.29, 1.82) is 0 Å². The standard InChI is InChI=1S/C16H25N3O3S/c1-11-9-14(23(17,21)22)6-5-13(11)10-18-15(20)19-12(2)7-8-16(19,3)4/h5-6,9,12H,7-8,10H2,1-4H3,(H,18,20)(H2,17,21,22). The Bertz CT molecular complexity index is 713. The van der Waals surface area contributed by atoms with Gasteiger partial charge in [-0.15, -0.1) is 0 Å². The van der Waals surface area contributed by atoms with Crippen LogP contribution in [-0.4, -0.2) is 30.9 Å². The molecule has 2 rings (SSSR count). The van der Waals surface area contributed by atoms with Crippen LogP contribution >= 0.6 is 0 Å². The summed E-state index contributed by atoms with van der Waals surface area (Å²) in [5.41, 5.74) is 1.51. The van der Waals surface area contributed by atoms with Crippen molar-refractivity contribution >= 4 is 16.1 Å². The third-order valence-corrected chi connectivity index (χ3v) is 5.47. The molecule has 1 aromatic rings. The summed E-state index contributed by atoms with van der Waals surface area (Å²) in [7, 11) is -3.70. The number of urea groups is 1. The minimum absolute atomic E-state index is 0.0828. The lowest BCUT2D eigenvalue weighted by Gasteiger charge is -2.34. The Morgan fingerprint density at radius 2 is 2.09 bits per heavy atom. The molecule has 1 aromatic carbocycles. The van der Waals surface area contributed by atoms with Gasteiger partial charge in [0, 0.05) is 18.1 Å². The molecule has 0 aromatic heterocycles. The molecular formula is C16H25N3O3S. The van der Waals surface area contributed by atoms with Gasteiger partial charge in [0.25, 0.3) is 0 Å². The van der Waals surface area contributed by atoms with E-state index in [1.807, 2.05) is 4.90 Å². The molecule has 1 aliphatic heterocycles. The second kappa shape index (κ2) is 6.13. The van der Waals surface area contributed by atoms with Gasteiger partial charge < -0.3 is 10.2 Å². The number of likely N-dealkylation sites (tertiary alicyclic amines) is 1. The van der Waals surface area contributed by atoms with E-state index in [0.717, 1.165) is 24.0 Å². The third-order valence-electron chi connectivity index (χ3n) is 4.56. The zero-order valence-corrected chi connectivity index (χ0v) is 14.9. The topological polar surface area (TPSA) is 92.5 Å². The van der Waals surface area contributed by atoms with Gasteiger partial charge in [0.2, 0.25) is 10.0 Å². The molecule has 1 atom stereocenters. The van der Waals surface area contributed by atoms with Crippen LogP contribution in [-0.2, 0) is 16.6 Å². The first-order valence-corrected chi connectivity index (χ1v) is 9.26. The van der Waals surface area contributed by atoms with Crippen LogP contribution in [0, 0.1) is 6.92 Å². The average molecular weight is 339 g/mol. The van der Waals surface area contributed by atoms with Gasteiger partial charge in [-0.2, -0.15) is 0 Å². The molecule has 7 heteroatoms. The zero-order chi connectivity index (χ0) is 17.4. The fourth-order valence-electron chi connectivity index (χ4n) is 3.18. The maximum atomic E-state index is 12.5. The number of carbonyl (C=O) groups is 1. The lowest BCUT2D eigenvalue weighted by molar-refractivity contribution is 0.145. The van der Waals surface area contributed by atoms with Crippen LogP contribution in [0.15, 0.2) is 23.1 Å². The summed E-state index contributed by atoms with van der Waals surface area (Å²) in [6.07, 6.45) is 1.99. The second-order valence-electron chi connectivity index (χ2n) is 6.86. The molecule has 0 spiro atoms. The zero-order valence-electron chi connectivity index (χ0n) is 14.1. The number of benzene rings is 1. The molecule has 128 valence electrons. The monoisotopic (exact) mass is 339 g/mol. The van der Waals surface area contributed by atoms with Gasteiger partial charge >= 0.3 is 6.03 Å². The summed E-state index contributed by atoms with van der Waals surface area (Å²) >= 11 is 0. The van der Waals surface area contributed by atoms with E-state index < -0.39 is 10.0 Å². The molecule has 0 aliphatic carbocycles. The van der Waals surface area contributed by atoms with E-state index in [2.05, 4.69) is 26.1 Å². The minimum Gasteiger partial charge on any atom is -0.334 e. The van der Waals surface area contributed by atoms with Crippen LogP contribution < -0.4 is 10.5 Å². The van der Waals surface area contributed by atoms with E-state index in [0.29, 0.717) is 6.54 Å². The summed E-state index contributed by atoms with van der Waals surface area (Å²) in [5, 5.41) is 8.05. The van der Waals surface area contributed by atoms with Crippen molar-refractivity contribution in [3.05, 3.63) is 29.3 Å². The number of rotatable bonds is 3. The van der Waals surface area contributed by atoms with Crippen molar-refractivity contribution in [2.24, 2.45) is 5.14 Å². The molecule has 0 bridgehead atoms. The number of amides is 2. The molecule has 1 unspecified atom stereocenters. The highest BCUT2D eigenvalue weighted by Gasteiger charge is 2.40. The summed E-state index contributed by atoms with van der Waals surface area (Å²) in [6, 6.07) is 4.81. The number of nitrogens with zero attached hydrogens (tertiary/aromatic N) is 1. The molecule has 1 fully saturated rings. The highest BCUT2D eigenvalue weighted by atomic mass is 32.2. The first-order chi connectivity index (χ1) is 10.5. The summed E-state index contributed by atoms with van der Waals surface area (Å²) in [6.45, 7) is 8.36. The maximum absolute atomic E-state index is 12.5. The minimum atomic E-state index is -3.70. The van der Waals surface area contributed by atoms with E-state index in [1.54, 1.807) is 13.0 Å². The smallest absolute Gasteiger partial charge is 0.318 e. The predicted molar refractivity (Wildman–Crippen MR) is 89.4 cm³/mol. The normalized spacial score (nSPS) is 20.6. The summed E-state index contributed by atoms with van der Waals surface area (Å²) in [5.74, 6) is 0. The summed E-state index contributed by atoms with van der Waals surface area (Å²) in [4.78, 5) is 14.5. The van der Waals surface area contributed by atoms with E-state index >= 15 is 0 Å². The molecule has 0 radical (unpaired) electrons. The molecule has 0 saturated carbocycles. The van der Waals surface area contributed by atoms with Gasteiger partial charge in [-0.3, -0.25) is 0 Å². The first kappa shape index (κ1) is 17.7. The van der Waals surface area contributed by atoms with Crippen molar-refractivity contribution in [3.8, 4) is 0 Å². The Morgan fingerprint density at radius 3 is 2.57 bits per heavy atom. The maximum Gasteiger partial charge on any atom is 0.318 e. The Balaban J connectivity index is 2.08. The van der Waals surface area contributed by atoms with Crippen LogP contribution in [0.3, 0.4) is 0 Å². The SMILES string of the molecule is Cc1cc(S(N)(=O)=O)ccc1CNC(=O)N1C(C)CCC1(C)C. The van der Waals surface area contributed by atoms with E-state index in [4.69, 9.17) is 5.14 Å². The van der Waals surface area contributed by atoms with Crippen LogP contribution in [0.4, 0.5) is 4.79 Å². The van der Waals surface area contributed by atoms with Crippen LogP contribution in [0.5, 0.6) is 0 Å². The fraction of sp³-hybridized carbons (Fsp3) is 0.562. The van der Waals surface area contributed by atoms with Crippen molar-refractivity contribution in [2.45, 2.75) is 63.6 Å². The van der Waals surface area contributed by atoms with Gasteiger partial charge in [0.15, 0.2) is 0 Å². The van der Waals surface area contributed by atoms with Crippen LogP contribution in [0.1, 0.15) is 44.7 Å². The first-order valence-electron chi connectivity index (χ1n) is 7.72. The predicted octanol–water partition coefficient (Wildman–Crippen LogP) is 2.11. The lowest BCUT2D eigenvalue weighted by atomic mass is 10.0. The second-order valence-corrected chi connectivity index (χ2v) is 8.42. The van der Waals surface area contributed by atoms with Gasteiger partial charge in [0.1, 0.15) is 0 Å². The molecule has 3 N–H and O–H groups in total. The largest absolute Gasteiger partial charge is 0.334 e. The fourth-order valence-corrected chi connectivity index (χ4v) is 3.78. The molecule has 1 saturated heterocycles. The third kappa shape index (κ3) is 3.84. The molecule has 1 heterocycles. The van der Waals surface area contributed by atoms with Gasteiger partial charge in [-0.1, -0.05) is 6.07 Å². The Kier molecular flexibility index (Phi) is 4.73. The van der Waals surface area contributed by atoms with Crippen molar-refractivity contribution in [1.82, 2.24) is 10.2 Å². The van der Waals surface area contributed by atoms with E-state index in [1.165, 1.54) is 12.1 Å². The molecule has 6 nitrogen and oxygen atoms in total. The number of hydrogen-bond acceptors (Lipinski definition) is 3. The number of sulfonamides is 1. The quantitative estimate of drug-likeness (QED) is 0.883. The number of nitrogens with two attached hydrogens (primary N) is 1. The highest BCUT2D eigenvalue weighted by Crippen LogP contribution is 2.33. The van der Waals surface area contributed by atoms with Gasteiger partial charge in [0.05, 0.1) is 4.90 Å². The van der Waals surface area contributed by atoms with Crippen molar-refractivity contribution < 1.29 is 13.2 Å². The van der Waals surface area contributed by atoms with E-state index in [-0.39, 0.29) is 22.5 Å². The Morgan fingerprint density at radius 1 is 1.43 bits per heavy atom. The molecule has 23 heavy (non-hydrogen) atoms. The average Bonchev–Trinajstić information content (AvgIpc) is 2.69. The summed E-state index contributed by atoms with van der Waals surface area (Å²) < 4.78 is 22.7. The number of aryl methyl sites for hydroxylation is 1. The van der Waals surface area contributed by atoms with Gasteiger partial charge in [-0.25, -0.2) is 18.4 Å². The number of carbonyl (C=O) groups excluding carboxylic acids is 1. The number of hydrogen-bond donors (Lipinski definition) is 2. The Labute approximate surface area is 138 Å². The lowest BCUT2D eigenvalue weighted by Crippen LogP contribution is -2.50. The molecule has 2 amide bonds. The van der Waals surface area contributed by atoms with Crippen LogP contribution in [0.25, 0.3) is 0 Å². The van der Waals surface area contributed by atoms with Gasteiger partial charge in [-0.05, 0) is 63.8 Å². The van der Waals surface area contributed by atoms with Crippen molar-refractivity contribution in [2.75, 3.05) is 0 Å². The van der Waals surface area contributed by atoms with Crippen LogP contribution in [0.2, 0.25) is 0 Å². The van der Waals surface area contributed by atoms with Crippen molar-refractivity contribution in [3.63, 3.8) is 0 Å². The number of nitrogens with one attached hydrogen (secondary N) is 1. The highest BCUT2D eigenvalue weighted by molar-refractivity contribution is 7.89. The molecule has 1 aliphatic rings. The Hall–Kier alpha value is -1.60.